The van der Waals surface area contributed by atoms with E-state index in [1.54, 1.807) is 11.5 Å². The molecule has 0 amide bonds. The molecule has 4 nitrogen and oxygen atoms in total. The van der Waals surface area contributed by atoms with Gasteiger partial charge in [-0.05, 0) is 18.4 Å². The molecule has 1 aliphatic carbocycles. The molecule has 1 saturated carbocycles. The molecule has 2 N–H and O–H groups in total. The van der Waals surface area contributed by atoms with E-state index in [-0.39, 0.29) is 6.04 Å². The second kappa shape index (κ2) is 5.97. The maximum atomic E-state index is 6.38. The molecule has 2 fully saturated rings. The van der Waals surface area contributed by atoms with Crippen LogP contribution in [-0.4, -0.2) is 28.5 Å². The second-order valence-electron chi connectivity index (χ2n) is 6.50. The topological polar surface area (TPSA) is 55.0 Å². The van der Waals surface area contributed by atoms with Gasteiger partial charge in [-0.1, -0.05) is 43.2 Å². The Morgan fingerprint density at radius 3 is 2.64 bits per heavy atom. The Balaban J connectivity index is 1.50. The predicted molar refractivity (Wildman–Crippen MR) is 90.5 cm³/mol. The first-order valence-electron chi connectivity index (χ1n) is 8.20. The molecule has 0 bridgehead atoms. The van der Waals surface area contributed by atoms with Crippen molar-refractivity contribution in [3.63, 3.8) is 0 Å². The van der Waals surface area contributed by atoms with Crippen LogP contribution in [0.1, 0.15) is 48.9 Å². The Morgan fingerprint density at radius 1 is 1.09 bits per heavy atom. The number of nitrogens with two attached hydrogens (primary N) is 1. The number of hydrogen-bond acceptors (Lipinski definition) is 5. The van der Waals surface area contributed by atoms with Gasteiger partial charge in [0.25, 0.3) is 0 Å². The Kier molecular flexibility index (Phi) is 3.84. The van der Waals surface area contributed by atoms with E-state index in [1.165, 1.54) is 31.2 Å². The summed E-state index contributed by atoms with van der Waals surface area (Å²) in [6, 6.07) is 10.8. The van der Waals surface area contributed by atoms with Crippen LogP contribution in [0.2, 0.25) is 0 Å². The van der Waals surface area contributed by atoms with E-state index < -0.39 is 0 Å². The smallest absolute Gasteiger partial charge is 0.205 e. The number of rotatable bonds is 3. The van der Waals surface area contributed by atoms with E-state index in [2.05, 4.69) is 39.6 Å². The van der Waals surface area contributed by atoms with E-state index in [0.29, 0.717) is 11.8 Å². The summed E-state index contributed by atoms with van der Waals surface area (Å²) in [4.78, 5) is 7.13. The molecule has 1 saturated heterocycles. The van der Waals surface area contributed by atoms with Gasteiger partial charge in [-0.3, -0.25) is 0 Å². The third-order valence-corrected chi connectivity index (χ3v) is 5.81. The van der Waals surface area contributed by atoms with Gasteiger partial charge in [0.15, 0.2) is 0 Å². The van der Waals surface area contributed by atoms with Crippen molar-refractivity contribution < 1.29 is 0 Å². The average Bonchev–Trinajstić information content (AvgIpc) is 3.28. The molecule has 2 heterocycles. The van der Waals surface area contributed by atoms with Gasteiger partial charge in [0.1, 0.15) is 5.82 Å². The van der Waals surface area contributed by atoms with Crippen molar-refractivity contribution in [3.8, 4) is 0 Å². The number of hydrogen-bond donors (Lipinski definition) is 1. The van der Waals surface area contributed by atoms with Gasteiger partial charge in [0, 0.05) is 42.5 Å². The van der Waals surface area contributed by atoms with Crippen molar-refractivity contribution in [2.24, 2.45) is 5.73 Å². The Morgan fingerprint density at radius 2 is 1.86 bits per heavy atom. The van der Waals surface area contributed by atoms with Gasteiger partial charge in [-0.15, -0.1) is 0 Å². The van der Waals surface area contributed by atoms with Crippen LogP contribution < -0.4 is 10.6 Å². The van der Waals surface area contributed by atoms with Crippen molar-refractivity contribution >= 4 is 16.7 Å². The lowest BCUT2D eigenvalue weighted by Gasteiger charge is -2.14. The summed E-state index contributed by atoms with van der Waals surface area (Å²) >= 11 is 1.54. The molecule has 5 heteroatoms. The zero-order chi connectivity index (χ0) is 14.9. The molecule has 2 aliphatic rings. The molecular weight excluding hydrogens is 292 g/mol. The highest BCUT2D eigenvalue weighted by Gasteiger charge is 2.33. The fourth-order valence-electron chi connectivity index (χ4n) is 3.74. The zero-order valence-corrected chi connectivity index (χ0v) is 13.5. The minimum atomic E-state index is 0.168. The normalized spacial score (nSPS) is 26.0. The third-order valence-electron chi connectivity index (χ3n) is 5.01. The molecular formula is C17H22N4S. The highest BCUT2D eigenvalue weighted by molar-refractivity contribution is 7.09. The summed E-state index contributed by atoms with van der Waals surface area (Å²) in [7, 11) is 0. The van der Waals surface area contributed by atoms with E-state index in [0.717, 1.165) is 24.0 Å². The van der Waals surface area contributed by atoms with Crippen LogP contribution >= 0.6 is 11.5 Å². The van der Waals surface area contributed by atoms with E-state index in [9.17, 15) is 0 Å². The minimum absolute atomic E-state index is 0.168. The molecule has 0 spiro atoms. The zero-order valence-electron chi connectivity index (χ0n) is 12.7. The Bertz CT molecular complexity index is 621. The fraction of sp³-hybridized carbons (Fsp3) is 0.529. The molecule has 1 aromatic carbocycles. The summed E-state index contributed by atoms with van der Waals surface area (Å²) in [5.41, 5.74) is 7.71. The van der Waals surface area contributed by atoms with Crippen molar-refractivity contribution in [1.29, 1.82) is 0 Å². The first kappa shape index (κ1) is 14.2. The van der Waals surface area contributed by atoms with Crippen molar-refractivity contribution in [2.75, 3.05) is 18.0 Å². The lowest BCUT2D eigenvalue weighted by molar-refractivity contribution is 0.653. The Hall–Kier alpha value is -1.46. The molecule has 2 atom stereocenters. The molecule has 1 aliphatic heterocycles. The first-order valence-corrected chi connectivity index (χ1v) is 8.97. The molecule has 1 aromatic heterocycles. The maximum absolute atomic E-state index is 6.38. The lowest BCUT2D eigenvalue weighted by atomic mass is 9.95. The van der Waals surface area contributed by atoms with Gasteiger partial charge < -0.3 is 10.6 Å². The Labute approximate surface area is 135 Å². The van der Waals surface area contributed by atoms with Crippen LogP contribution in [0.25, 0.3) is 0 Å². The van der Waals surface area contributed by atoms with Crippen LogP contribution in [0.4, 0.5) is 5.13 Å². The minimum Gasteiger partial charge on any atom is -0.345 e. The monoisotopic (exact) mass is 314 g/mol. The summed E-state index contributed by atoms with van der Waals surface area (Å²) in [5.74, 6) is 2.04. The van der Waals surface area contributed by atoms with E-state index >= 15 is 0 Å². The van der Waals surface area contributed by atoms with Gasteiger partial charge in [0.2, 0.25) is 5.13 Å². The van der Waals surface area contributed by atoms with E-state index in [4.69, 9.17) is 10.7 Å². The number of nitrogens with zero attached hydrogens (tertiary/aromatic N) is 3. The van der Waals surface area contributed by atoms with Crippen molar-refractivity contribution in [3.05, 3.63) is 41.7 Å². The standard InChI is InChI=1S/C17H22N4S/c18-15-11-21(10-14(15)12-6-2-1-3-7-12)17-19-16(20-22-17)13-8-4-5-9-13/h1-3,6-7,13-15H,4-5,8-11,18H2/t14-,15+/m0/s1. The van der Waals surface area contributed by atoms with Gasteiger partial charge >= 0.3 is 0 Å². The van der Waals surface area contributed by atoms with Gasteiger partial charge in [0.05, 0.1) is 0 Å². The molecule has 22 heavy (non-hydrogen) atoms. The van der Waals surface area contributed by atoms with Crippen LogP contribution in [0.15, 0.2) is 30.3 Å². The average molecular weight is 314 g/mol. The van der Waals surface area contributed by atoms with Gasteiger partial charge in [-0.2, -0.15) is 4.37 Å². The van der Waals surface area contributed by atoms with Crippen LogP contribution in [0.3, 0.4) is 0 Å². The first-order chi connectivity index (χ1) is 10.8. The summed E-state index contributed by atoms with van der Waals surface area (Å²) in [6.45, 7) is 1.82. The van der Waals surface area contributed by atoms with Crippen molar-refractivity contribution in [2.45, 2.75) is 43.6 Å². The van der Waals surface area contributed by atoms with E-state index in [1.807, 2.05) is 0 Å². The van der Waals surface area contributed by atoms with Crippen LogP contribution in [0.5, 0.6) is 0 Å². The summed E-state index contributed by atoms with van der Waals surface area (Å²) < 4.78 is 4.61. The molecule has 4 rings (SSSR count). The fourth-order valence-corrected chi connectivity index (χ4v) is 4.51. The largest absolute Gasteiger partial charge is 0.345 e. The second-order valence-corrected chi connectivity index (χ2v) is 7.23. The van der Waals surface area contributed by atoms with Crippen LogP contribution in [-0.2, 0) is 0 Å². The number of benzene rings is 1. The lowest BCUT2D eigenvalue weighted by Crippen LogP contribution is -2.28. The quantitative estimate of drug-likeness (QED) is 0.945. The SMILES string of the molecule is N[C@@H]1CN(c2nc(C3CCCC3)ns2)C[C@H]1c1ccccc1. The molecule has 0 radical (unpaired) electrons. The highest BCUT2D eigenvalue weighted by Crippen LogP contribution is 2.36. The predicted octanol–water partition coefficient (Wildman–Crippen LogP) is 3.13. The summed E-state index contributed by atoms with van der Waals surface area (Å²) in [5, 5.41) is 1.05. The number of anilines is 1. The van der Waals surface area contributed by atoms with Crippen molar-refractivity contribution in [1.82, 2.24) is 9.36 Å². The molecule has 2 aromatic rings. The number of aromatic nitrogens is 2. The molecule has 0 unspecified atom stereocenters. The third kappa shape index (κ3) is 2.63. The highest BCUT2D eigenvalue weighted by atomic mass is 32.1. The summed E-state index contributed by atoms with van der Waals surface area (Å²) in [6.07, 6.45) is 5.15. The molecule has 116 valence electrons. The van der Waals surface area contributed by atoms with Crippen LogP contribution in [0, 0.1) is 0 Å². The van der Waals surface area contributed by atoms with Gasteiger partial charge in [-0.25, -0.2) is 4.98 Å². The maximum Gasteiger partial charge on any atom is 0.205 e.